The summed E-state index contributed by atoms with van der Waals surface area (Å²) in [5.74, 6) is 0.219. The van der Waals surface area contributed by atoms with Crippen molar-refractivity contribution < 1.29 is 18.7 Å². The lowest BCUT2D eigenvalue weighted by molar-refractivity contribution is 0.00611. The minimum atomic E-state index is -0.583. The number of hydrogen-bond donors (Lipinski definition) is 0. The number of aromatic nitrogens is 3. The number of carbonyl (C=O) groups is 1. The van der Waals surface area contributed by atoms with Crippen molar-refractivity contribution >= 4 is 5.97 Å². The van der Waals surface area contributed by atoms with E-state index in [1.54, 1.807) is 34.6 Å². The topological polar surface area (TPSA) is 87.3 Å². The van der Waals surface area contributed by atoms with Gasteiger partial charge in [0, 0.05) is 0 Å². The third-order valence-electron chi connectivity index (χ3n) is 2.61. The fourth-order valence-electron chi connectivity index (χ4n) is 1.71. The Balaban J connectivity index is 2.11. The minimum absolute atomic E-state index is 0.172. The van der Waals surface area contributed by atoms with Gasteiger partial charge >= 0.3 is 5.97 Å². The average Bonchev–Trinajstić information content (AvgIpc) is 2.90. The highest BCUT2D eigenvalue weighted by molar-refractivity contribution is 5.88. The van der Waals surface area contributed by atoms with Gasteiger partial charge in [-0.05, 0) is 34.6 Å². The van der Waals surface area contributed by atoms with Gasteiger partial charge in [-0.1, -0.05) is 0 Å². The predicted molar refractivity (Wildman–Crippen MR) is 77.5 cm³/mol. The maximum Gasteiger partial charge on any atom is 0.359 e. The van der Waals surface area contributed by atoms with E-state index in [1.807, 2.05) is 0 Å². The molecule has 2 heterocycles. The zero-order valence-electron chi connectivity index (χ0n) is 13.3. The van der Waals surface area contributed by atoms with Crippen LogP contribution in [0.3, 0.4) is 0 Å². The number of oxazole rings is 1. The van der Waals surface area contributed by atoms with Gasteiger partial charge in [0.25, 0.3) is 0 Å². The van der Waals surface area contributed by atoms with E-state index < -0.39 is 17.7 Å². The van der Waals surface area contributed by atoms with Crippen molar-refractivity contribution in [3.63, 3.8) is 0 Å². The Hall–Kier alpha value is -2.44. The summed E-state index contributed by atoms with van der Waals surface area (Å²) in [6, 6.07) is 0. The second-order valence-corrected chi connectivity index (χ2v) is 5.77. The van der Waals surface area contributed by atoms with Crippen molar-refractivity contribution in [3.8, 4) is 5.88 Å². The van der Waals surface area contributed by atoms with Crippen LogP contribution in [0.1, 0.15) is 55.9 Å². The van der Waals surface area contributed by atoms with Crippen LogP contribution in [-0.2, 0) is 4.74 Å². The molecule has 0 aliphatic heterocycles. The molecule has 2 aromatic heterocycles. The van der Waals surface area contributed by atoms with Crippen LogP contribution in [0.5, 0.6) is 5.88 Å². The van der Waals surface area contributed by atoms with E-state index in [4.69, 9.17) is 13.9 Å². The summed E-state index contributed by atoms with van der Waals surface area (Å²) in [6.45, 7) is 8.84. The zero-order valence-corrected chi connectivity index (χ0v) is 13.3. The molecule has 2 aromatic rings. The van der Waals surface area contributed by atoms with Crippen LogP contribution in [0, 0.1) is 6.92 Å². The molecule has 0 N–H and O–H groups in total. The Kier molecular flexibility index (Phi) is 4.44. The van der Waals surface area contributed by atoms with Crippen molar-refractivity contribution in [1.29, 1.82) is 0 Å². The standard InChI is InChI=1S/C15H19N3O4/c1-9-12(14(19)22-15(3,4)5)17-8-11(18-9)21-10(2)13-16-6-7-20-13/h6-8,10H,1-5H3. The fourth-order valence-corrected chi connectivity index (χ4v) is 1.71. The lowest BCUT2D eigenvalue weighted by Crippen LogP contribution is -2.25. The Morgan fingerprint density at radius 1 is 1.32 bits per heavy atom. The van der Waals surface area contributed by atoms with Gasteiger partial charge < -0.3 is 13.9 Å². The molecular weight excluding hydrogens is 286 g/mol. The van der Waals surface area contributed by atoms with Crippen molar-refractivity contribution in [2.24, 2.45) is 0 Å². The molecule has 118 valence electrons. The monoisotopic (exact) mass is 305 g/mol. The summed E-state index contributed by atoms with van der Waals surface area (Å²) in [7, 11) is 0. The summed E-state index contributed by atoms with van der Waals surface area (Å²) < 4.78 is 16.0. The third kappa shape index (κ3) is 4.03. The normalized spacial score (nSPS) is 12.8. The molecular formula is C15H19N3O4. The van der Waals surface area contributed by atoms with E-state index in [9.17, 15) is 4.79 Å². The van der Waals surface area contributed by atoms with E-state index in [2.05, 4.69) is 15.0 Å². The van der Waals surface area contributed by atoms with Crippen molar-refractivity contribution in [3.05, 3.63) is 35.9 Å². The highest BCUT2D eigenvalue weighted by Crippen LogP contribution is 2.20. The summed E-state index contributed by atoms with van der Waals surface area (Å²) in [4.78, 5) is 24.3. The van der Waals surface area contributed by atoms with Crippen molar-refractivity contribution in [2.75, 3.05) is 0 Å². The molecule has 1 unspecified atom stereocenters. The van der Waals surface area contributed by atoms with Gasteiger partial charge in [-0.25, -0.2) is 19.7 Å². The molecule has 7 nitrogen and oxygen atoms in total. The van der Waals surface area contributed by atoms with Crippen LogP contribution in [0.4, 0.5) is 0 Å². The molecule has 0 saturated heterocycles. The summed E-state index contributed by atoms with van der Waals surface area (Å²) in [5, 5.41) is 0. The van der Waals surface area contributed by atoms with E-state index >= 15 is 0 Å². The molecule has 0 spiro atoms. The average molecular weight is 305 g/mol. The molecule has 0 amide bonds. The quantitative estimate of drug-likeness (QED) is 0.802. The summed E-state index contributed by atoms with van der Waals surface area (Å²) >= 11 is 0. The maximum absolute atomic E-state index is 12.0. The molecule has 0 aliphatic rings. The highest BCUT2D eigenvalue weighted by atomic mass is 16.6. The molecule has 2 rings (SSSR count). The first-order valence-corrected chi connectivity index (χ1v) is 6.89. The second kappa shape index (κ2) is 6.13. The van der Waals surface area contributed by atoms with Gasteiger partial charge in [0.2, 0.25) is 11.8 Å². The van der Waals surface area contributed by atoms with Gasteiger partial charge in [0.05, 0.1) is 18.1 Å². The zero-order chi connectivity index (χ0) is 16.3. The Morgan fingerprint density at radius 3 is 2.59 bits per heavy atom. The molecule has 0 aliphatic carbocycles. The molecule has 1 atom stereocenters. The molecule has 0 radical (unpaired) electrons. The smallest absolute Gasteiger partial charge is 0.359 e. The van der Waals surface area contributed by atoms with Crippen molar-refractivity contribution in [1.82, 2.24) is 15.0 Å². The van der Waals surface area contributed by atoms with Crippen LogP contribution in [0.15, 0.2) is 23.1 Å². The number of aryl methyl sites for hydroxylation is 1. The lowest BCUT2D eigenvalue weighted by Gasteiger charge is -2.19. The number of hydrogen-bond acceptors (Lipinski definition) is 7. The molecule has 22 heavy (non-hydrogen) atoms. The number of rotatable bonds is 4. The number of ether oxygens (including phenoxy) is 2. The first kappa shape index (κ1) is 15.9. The highest BCUT2D eigenvalue weighted by Gasteiger charge is 2.22. The maximum atomic E-state index is 12.0. The third-order valence-corrected chi connectivity index (χ3v) is 2.61. The van der Waals surface area contributed by atoms with E-state index in [0.29, 0.717) is 11.6 Å². The van der Waals surface area contributed by atoms with Crippen LogP contribution < -0.4 is 4.74 Å². The van der Waals surface area contributed by atoms with Gasteiger partial charge in [-0.15, -0.1) is 0 Å². The lowest BCUT2D eigenvalue weighted by atomic mass is 10.2. The van der Waals surface area contributed by atoms with E-state index in [-0.39, 0.29) is 11.6 Å². The number of esters is 1. The first-order valence-electron chi connectivity index (χ1n) is 6.89. The SMILES string of the molecule is Cc1nc(OC(C)c2ncco2)cnc1C(=O)OC(C)(C)C. The van der Waals surface area contributed by atoms with Gasteiger partial charge in [0.15, 0.2) is 11.8 Å². The predicted octanol–water partition coefficient (Wildman–Crippen LogP) is 2.87. The largest absolute Gasteiger partial charge is 0.464 e. The van der Waals surface area contributed by atoms with Crippen molar-refractivity contribution in [2.45, 2.75) is 46.3 Å². The first-order chi connectivity index (χ1) is 10.3. The number of nitrogens with zero attached hydrogens (tertiary/aromatic N) is 3. The van der Waals surface area contributed by atoms with Crippen LogP contribution in [0.2, 0.25) is 0 Å². The Labute approximate surface area is 128 Å². The summed E-state index contributed by atoms with van der Waals surface area (Å²) in [6.07, 6.45) is 3.98. The van der Waals surface area contributed by atoms with Gasteiger partial charge in [0.1, 0.15) is 11.9 Å². The van der Waals surface area contributed by atoms with Crippen LogP contribution in [-0.4, -0.2) is 26.5 Å². The van der Waals surface area contributed by atoms with Crippen LogP contribution in [0.25, 0.3) is 0 Å². The second-order valence-electron chi connectivity index (χ2n) is 5.77. The van der Waals surface area contributed by atoms with Gasteiger partial charge in [-0.3, -0.25) is 0 Å². The molecule has 0 aromatic carbocycles. The van der Waals surface area contributed by atoms with Crippen LogP contribution >= 0.6 is 0 Å². The fraction of sp³-hybridized carbons (Fsp3) is 0.467. The van der Waals surface area contributed by atoms with E-state index in [1.165, 1.54) is 18.7 Å². The molecule has 0 fully saturated rings. The molecule has 0 saturated carbocycles. The van der Waals surface area contributed by atoms with Gasteiger partial charge in [-0.2, -0.15) is 0 Å². The molecule has 0 bridgehead atoms. The Morgan fingerprint density at radius 2 is 2.05 bits per heavy atom. The summed E-state index contributed by atoms with van der Waals surface area (Å²) in [5.41, 5.74) is 0.0252. The minimum Gasteiger partial charge on any atom is -0.464 e. The Bertz CT molecular complexity index is 647. The van der Waals surface area contributed by atoms with E-state index in [0.717, 1.165) is 0 Å². The number of carbonyl (C=O) groups excluding carboxylic acids is 1. The molecule has 7 heteroatoms.